The van der Waals surface area contributed by atoms with Crippen molar-refractivity contribution in [3.8, 4) is 0 Å². The smallest absolute Gasteiger partial charge is 0.0940 e. The van der Waals surface area contributed by atoms with E-state index in [1.807, 2.05) is 0 Å². The van der Waals surface area contributed by atoms with Crippen molar-refractivity contribution < 1.29 is 9.47 Å². The maximum absolute atomic E-state index is 5.62. The minimum Gasteiger partial charge on any atom is -0.501 e. The SMILES string of the molecule is C1CC2CC1C1CC3OC3C21.C=C(OC)C(C)(C)CC(CC)c1ccccc1. The topological polar surface area (TPSA) is 21.8 Å². The molecule has 4 aliphatic rings. The standard InChI is InChI=1S/C16H24O.C10H14O/c1-6-14(15-10-8-7-9-11-15)12-16(3,4)13(2)17-5;1-2-6-3-5(1)7-4-8-10(11-8)9(6)7/h7-11,14H,2,6,12H2,1,3-5H3;5-10H,1-4H2. The molecule has 5 rings (SSSR count). The molecule has 7 unspecified atom stereocenters. The fourth-order valence-electron chi connectivity index (χ4n) is 6.50. The molecule has 154 valence electrons. The van der Waals surface area contributed by atoms with Crippen LogP contribution >= 0.6 is 0 Å². The Morgan fingerprint density at radius 1 is 1.18 bits per heavy atom. The zero-order chi connectivity index (χ0) is 19.9. The van der Waals surface area contributed by atoms with Gasteiger partial charge in [-0.25, -0.2) is 0 Å². The van der Waals surface area contributed by atoms with Gasteiger partial charge in [0.25, 0.3) is 0 Å². The van der Waals surface area contributed by atoms with Gasteiger partial charge in [0.15, 0.2) is 0 Å². The maximum atomic E-state index is 5.62. The Morgan fingerprint density at radius 3 is 2.54 bits per heavy atom. The Hall–Kier alpha value is -1.28. The van der Waals surface area contributed by atoms with Crippen LogP contribution in [0.2, 0.25) is 0 Å². The number of allylic oxidation sites excluding steroid dienone is 1. The van der Waals surface area contributed by atoms with Crippen LogP contribution in [0.1, 0.15) is 70.8 Å². The van der Waals surface area contributed by atoms with Gasteiger partial charge < -0.3 is 9.47 Å². The van der Waals surface area contributed by atoms with Gasteiger partial charge in [0.1, 0.15) is 0 Å². The summed E-state index contributed by atoms with van der Waals surface area (Å²) in [6, 6.07) is 10.7. The zero-order valence-corrected chi connectivity index (χ0v) is 18.2. The second-order valence-electron chi connectivity index (χ2n) is 10.2. The summed E-state index contributed by atoms with van der Waals surface area (Å²) in [5.41, 5.74) is 1.43. The van der Waals surface area contributed by atoms with E-state index >= 15 is 0 Å². The van der Waals surface area contributed by atoms with Crippen molar-refractivity contribution >= 4 is 0 Å². The molecule has 2 nitrogen and oxygen atoms in total. The Labute approximate surface area is 171 Å². The fourth-order valence-corrected chi connectivity index (χ4v) is 6.50. The largest absolute Gasteiger partial charge is 0.501 e. The summed E-state index contributed by atoms with van der Waals surface area (Å²) in [5.74, 6) is 5.78. The van der Waals surface area contributed by atoms with Crippen LogP contribution in [0, 0.1) is 29.1 Å². The predicted molar refractivity (Wildman–Crippen MR) is 115 cm³/mol. The van der Waals surface area contributed by atoms with Gasteiger partial charge in [-0.05, 0) is 73.7 Å². The number of methoxy groups -OCH3 is 1. The van der Waals surface area contributed by atoms with Crippen LogP contribution in [0.25, 0.3) is 0 Å². The predicted octanol–water partition coefficient (Wildman–Crippen LogP) is 6.58. The number of epoxide rings is 1. The number of rotatable bonds is 6. The van der Waals surface area contributed by atoms with Crippen LogP contribution < -0.4 is 0 Å². The van der Waals surface area contributed by atoms with E-state index in [1.165, 1.54) is 18.4 Å². The zero-order valence-electron chi connectivity index (χ0n) is 18.2. The van der Waals surface area contributed by atoms with Gasteiger partial charge in [0.05, 0.1) is 25.1 Å². The van der Waals surface area contributed by atoms with E-state index in [0.29, 0.717) is 5.92 Å². The normalized spacial score (nSPS) is 35.4. The molecule has 0 spiro atoms. The number of benzene rings is 1. The fraction of sp³-hybridized carbons (Fsp3) is 0.692. The number of hydrogen-bond donors (Lipinski definition) is 0. The van der Waals surface area contributed by atoms with Gasteiger partial charge in [-0.15, -0.1) is 0 Å². The van der Waals surface area contributed by atoms with Crippen LogP contribution in [-0.4, -0.2) is 19.3 Å². The van der Waals surface area contributed by atoms with Crippen LogP contribution in [0.5, 0.6) is 0 Å². The Bertz CT molecular complexity index is 679. The first-order chi connectivity index (χ1) is 13.4. The molecular weight excluding hydrogens is 344 g/mol. The summed E-state index contributed by atoms with van der Waals surface area (Å²) in [4.78, 5) is 0. The first kappa shape index (κ1) is 20.0. The van der Waals surface area contributed by atoms with Gasteiger partial charge in [-0.3, -0.25) is 0 Å². The minimum absolute atomic E-state index is 0.0191. The first-order valence-corrected chi connectivity index (χ1v) is 11.4. The minimum atomic E-state index is 0.0191. The summed E-state index contributed by atoms with van der Waals surface area (Å²) in [7, 11) is 1.70. The molecule has 3 saturated carbocycles. The molecule has 1 saturated heterocycles. The second-order valence-corrected chi connectivity index (χ2v) is 10.2. The maximum Gasteiger partial charge on any atom is 0.0940 e. The van der Waals surface area contributed by atoms with Crippen molar-refractivity contribution in [3.05, 3.63) is 48.2 Å². The van der Waals surface area contributed by atoms with Crippen molar-refractivity contribution in [1.29, 1.82) is 0 Å². The average molecular weight is 383 g/mol. The Morgan fingerprint density at radius 2 is 1.89 bits per heavy atom. The molecule has 1 aliphatic heterocycles. The van der Waals surface area contributed by atoms with E-state index in [0.717, 1.165) is 54.5 Å². The lowest BCUT2D eigenvalue weighted by Gasteiger charge is -2.30. The van der Waals surface area contributed by atoms with Crippen molar-refractivity contribution in [3.63, 3.8) is 0 Å². The molecule has 2 bridgehead atoms. The highest BCUT2D eigenvalue weighted by Gasteiger charge is 2.64. The van der Waals surface area contributed by atoms with Crippen LogP contribution in [0.15, 0.2) is 42.7 Å². The van der Waals surface area contributed by atoms with Gasteiger partial charge in [-0.2, -0.15) is 0 Å². The van der Waals surface area contributed by atoms with E-state index in [1.54, 1.807) is 20.0 Å². The van der Waals surface area contributed by atoms with E-state index in [4.69, 9.17) is 9.47 Å². The Kier molecular flexibility index (Phi) is 5.62. The van der Waals surface area contributed by atoms with Crippen LogP contribution in [0.4, 0.5) is 0 Å². The van der Waals surface area contributed by atoms with Gasteiger partial charge >= 0.3 is 0 Å². The summed E-state index contributed by atoms with van der Waals surface area (Å²) >= 11 is 0. The molecule has 1 aromatic carbocycles. The Balaban J connectivity index is 0.000000147. The highest BCUT2D eigenvalue weighted by atomic mass is 16.6. The highest BCUT2D eigenvalue weighted by Crippen LogP contribution is 2.64. The molecule has 4 fully saturated rings. The van der Waals surface area contributed by atoms with Crippen molar-refractivity contribution in [1.82, 2.24) is 0 Å². The third-order valence-corrected chi connectivity index (χ3v) is 8.19. The molecule has 1 aromatic rings. The number of hydrogen-bond acceptors (Lipinski definition) is 2. The van der Waals surface area contributed by atoms with Gasteiger partial charge in [0.2, 0.25) is 0 Å². The monoisotopic (exact) mass is 382 g/mol. The summed E-state index contributed by atoms with van der Waals surface area (Å²) < 4.78 is 10.9. The number of fused-ring (bicyclic) bond motifs is 7. The molecule has 7 atom stereocenters. The lowest BCUT2D eigenvalue weighted by molar-refractivity contribution is 0.147. The van der Waals surface area contributed by atoms with Gasteiger partial charge in [-0.1, -0.05) is 57.7 Å². The van der Waals surface area contributed by atoms with Crippen molar-refractivity contribution in [2.45, 2.75) is 77.4 Å². The highest BCUT2D eigenvalue weighted by molar-refractivity contribution is 5.20. The lowest BCUT2D eigenvalue weighted by atomic mass is 9.78. The van der Waals surface area contributed by atoms with E-state index < -0.39 is 0 Å². The molecule has 0 aromatic heterocycles. The van der Waals surface area contributed by atoms with Crippen LogP contribution in [-0.2, 0) is 9.47 Å². The molecule has 0 radical (unpaired) electrons. The summed E-state index contributed by atoms with van der Waals surface area (Å²) in [5, 5.41) is 0. The molecule has 3 aliphatic carbocycles. The molecule has 2 heteroatoms. The third-order valence-electron chi connectivity index (χ3n) is 8.19. The molecule has 0 amide bonds. The third kappa shape index (κ3) is 3.77. The van der Waals surface area contributed by atoms with E-state index in [9.17, 15) is 0 Å². The lowest BCUT2D eigenvalue weighted by Crippen LogP contribution is -2.22. The molecule has 1 heterocycles. The number of ether oxygens (including phenoxy) is 2. The molecular formula is C26H38O2. The van der Waals surface area contributed by atoms with Crippen molar-refractivity contribution in [2.75, 3.05) is 7.11 Å². The summed E-state index contributed by atoms with van der Waals surface area (Å²) in [6.45, 7) is 10.6. The average Bonchev–Trinajstić information content (AvgIpc) is 3.06. The quantitative estimate of drug-likeness (QED) is 0.409. The van der Waals surface area contributed by atoms with Crippen molar-refractivity contribution in [2.24, 2.45) is 29.1 Å². The first-order valence-electron chi connectivity index (χ1n) is 11.4. The van der Waals surface area contributed by atoms with E-state index in [2.05, 4.69) is 57.7 Å². The van der Waals surface area contributed by atoms with E-state index in [-0.39, 0.29) is 5.41 Å². The second kappa shape index (κ2) is 7.86. The molecule has 0 N–H and O–H groups in total. The summed E-state index contributed by atoms with van der Waals surface area (Å²) in [6.07, 6.45) is 9.75. The van der Waals surface area contributed by atoms with Crippen LogP contribution in [0.3, 0.4) is 0 Å². The molecule has 28 heavy (non-hydrogen) atoms. The van der Waals surface area contributed by atoms with Gasteiger partial charge in [0, 0.05) is 5.41 Å².